The molecule has 0 aromatic carbocycles. The molecule has 78 valence electrons. The average Bonchev–Trinajstić information content (AvgIpc) is 2.16. The van der Waals surface area contributed by atoms with Crippen molar-refractivity contribution in [3.05, 3.63) is 0 Å². The Labute approximate surface area is 86.7 Å². The zero-order valence-corrected chi connectivity index (χ0v) is 9.50. The fourth-order valence-electron chi connectivity index (χ4n) is 0.688. The van der Waals surface area contributed by atoms with E-state index in [-0.39, 0.29) is 10.8 Å². The topological polar surface area (TPSA) is 44.8 Å². The quantitative estimate of drug-likeness (QED) is 0.386. The Kier molecular flexibility index (Phi) is 8.38. The van der Waals surface area contributed by atoms with Crippen LogP contribution in [0.1, 0.15) is 6.42 Å². The highest BCUT2D eigenvalue weighted by Gasteiger charge is 2.14. The molecule has 0 fully saturated rings. The number of rotatable bonds is 7. The Morgan fingerprint density at radius 3 is 2.62 bits per heavy atom. The van der Waals surface area contributed by atoms with Crippen LogP contribution in [0.4, 0.5) is 0 Å². The molecule has 0 aliphatic heterocycles. The maximum Gasteiger partial charge on any atom is 0.321 e. The molecule has 0 N–H and O–H groups in total. The lowest BCUT2D eigenvalue weighted by Gasteiger charge is -2.07. The fourth-order valence-corrected chi connectivity index (χ4v) is 1.06. The second kappa shape index (κ2) is 8.47. The minimum Gasteiger partial charge on any atom is -0.468 e. The Bertz CT molecular complexity index is 140. The molecule has 0 radical (unpaired) electrons. The molecule has 0 aliphatic carbocycles. The van der Waals surface area contributed by atoms with E-state index in [0.29, 0.717) is 19.8 Å². The molecule has 0 saturated carbocycles. The second-order valence-electron chi connectivity index (χ2n) is 2.41. The molecule has 0 aromatic heterocycles. The van der Waals surface area contributed by atoms with Crippen molar-refractivity contribution in [1.29, 1.82) is 0 Å². The van der Waals surface area contributed by atoms with Gasteiger partial charge in [0.05, 0.1) is 13.7 Å². The van der Waals surface area contributed by atoms with E-state index in [4.69, 9.17) is 9.47 Å². The fraction of sp³-hybridized carbons (Fsp3) is 0.875. The van der Waals surface area contributed by atoms with Crippen molar-refractivity contribution in [2.45, 2.75) is 11.2 Å². The van der Waals surface area contributed by atoms with Crippen molar-refractivity contribution in [2.24, 2.45) is 0 Å². The molecular weight excluding hydrogens is 240 g/mol. The van der Waals surface area contributed by atoms with E-state index in [9.17, 15) is 4.79 Å². The predicted molar refractivity (Wildman–Crippen MR) is 52.0 cm³/mol. The van der Waals surface area contributed by atoms with E-state index in [1.807, 2.05) is 0 Å². The summed E-state index contributed by atoms with van der Waals surface area (Å²) in [6.07, 6.45) is 0.831. The Hall–Kier alpha value is -0.130. The molecule has 5 heteroatoms. The molecule has 0 aromatic rings. The lowest BCUT2D eigenvalue weighted by atomic mass is 10.4. The molecule has 0 spiro atoms. The van der Waals surface area contributed by atoms with Crippen LogP contribution in [-0.2, 0) is 19.0 Å². The number of alkyl halides is 1. The molecule has 1 unspecified atom stereocenters. The molecule has 4 nitrogen and oxygen atoms in total. The van der Waals surface area contributed by atoms with Gasteiger partial charge in [-0.05, 0) is 6.42 Å². The first kappa shape index (κ1) is 12.9. The van der Waals surface area contributed by atoms with Gasteiger partial charge < -0.3 is 14.2 Å². The van der Waals surface area contributed by atoms with Gasteiger partial charge >= 0.3 is 5.97 Å². The third kappa shape index (κ3) is 6.98. The summed E-state index contributed by atoms with van der Waals surface area (Å²) >= 11 is 3.14. The number of hydrogen-bond donors (Lipinski definition) is 0. The number of esters is 1. The van der Waals surface area contributed by atoms with Crippen molar-refractivity contribution in [3.63, 3.8) is 0 Å². The van der Waals surface area contributed by atoms with E-state index in [2.05, 4.69) is 20.7 Å². The van der Waals surface area contributed by atoms with Crippen LogP contribution in [0.3, 0.4) is 0 Å². The molecule has 13 heavy (non-hydrogen) atoms. The molecule has 0 aliphatic rings. The van der Waals surface area contributed by atoms with Crippen LogP contribution >= 0.6 is 15.9 Å². The van der Waals surface area contributed by atoms with Gasteiger partial charge in [0, 0.05) is 20.3 Å². The van der Waals surface area contributed by atoms with Crippen LogP contribution < -0.4 is 0 Å². The lowest BCUT2D eigenvalue weighted by molar-refractivity contribution is -0.140. The van der Waals surface area contributed by atoms with Gasteiger partial charge in [-0.1, -0.05) is 15.9 Å². The number of hydrogen-bond acceptors (Lipinski definition) is 4. The Balaban J connectivity index is 3.26. The summed E-state index contributed by atoms with van der Waals surface area (Å²) < 4.78 is 14.5. The molecule has 0 heterocycles. The normalized spacial score (nSPS) is 12.5. The first-order chi connectivity index (χ1) is 6.22. The van der Waals surface area contributed by atoms with Gasteiger partial charge in [-0.15, -0.1) is 0 Å². The standard InChI is InChI=1S/C8H15BrO4/c1-11-4-3-5-13-6-7(9)8(10)12-2/h7H,3-6H2,1-2H3. The van der Waals surface area contributed by atoms with Crippen LogP contribution in [0.5, 0.6) is 0 Å². The van der Waals surface area contributed by atoms with Crippen LogP contribution in [-0.4, -0.2) is 44.8 Å². The highest BCUT2D eigenvalue weighted by atomic mass is 79.9. The molecular formula is C8H15BrO4. The molecule has 1 atom stereocenters. The van der Waals surface area contributed by atoms with Crippen molar-refractivity contribution in [1.82, 2.24) is 0 Å². The van der Waals surface area contributed by atoms with Gasteiger partial charge in [-0.2, -0.15) is 0 Å². The van der Waals surface area contributed by atoms with E-state index < -0.39 is 0 Å². The summed E-state index contributed by atoms with van der Waals surface area (Å²) in [5, 5.41) is 0. The zero-order chi connectivity index (χ0) is 10.1. The largest absolute Gasteiger partial charge is 0.468 e. The van der Waals surface area contributed by atoms with E-state index >= 15 is 0 Å². The number of carbonyl (C=O) groups is 1. The minimum absolute atomic E-state index is 0.313. The highest BCUT2D eigenvalue weighted by molar-refractivity contribution is 9.10. The van der Waals surface area contributed by atoms with Gasteiger partial charge in [0.25, 0.3) is 0 Å². The summed E-state index contributed by atoms with van der Waals surface area (Å²) in [7, 11) is 2.99. The monoisotopic (exact) mass is 254 g/mol. The summed E-state index contributed by atoms with van der Waals surface area (Å²) in [6.45, 7) is 1.59. The van der Waals surface area contributed by atoms with Gasteiger partial charge in [0.15, 0.2) is 0 Å². The zero-order valence-electron chi connectivity index (χ0n) is 7.92. The van der Waals surface area contributed by atoms with Crippen molar-refractivity contribution < 1.29 is 19.0 Å². The van der Waals surface area contributed by atoms with E-state index in [1.165, 1.54) is 7.11 Å². The third-order valence-corrected chi connectivity index (χ3v) is 2.00. The maximum absolute atomic E-state index is 10.9. The number of carbonyl (C=O) groups excluding carboxylic acids is 1. The number of ether oxygens (including phenoxy) is 3. The van der Waals surface area contributed by atoms with Crippen LogP contribution in [0.15, 0.2) is 0 Å². The molecule has 0 rings (SSSR count). The van der Waals surface area contributed by atoms with Gasteiger partial charge in [0.2, 0.25) is 0 Å². The first-order valence-corrected chi connectivity index (χ1v) is 4.92. The predicted octanol–water partition coefficient (Wildman–Crippen LogP) is 0.976. The Morgan fingerprint density at radius 2 is 2.08 bits per heavy atom. The van der Waals surface area contributed by atoms with E-state index in [1.54, 1.807) is 7.11 Å². The molecule has 0 amide bonds. The molecule has 0 bridgehead atoms. The number of halogens is 1. The smallest absolute Gasteiger partial charge is 0.321 e. The van der Waals surface area contributed by atoms with Gasteiger partial charge in [-0.25, -0.2) is 0 Å². The van der Waals surface area contributed by atoms with Crippen LogP contribution in [0.2, 0.25) is 0 Å². The van der Waals surface area contributed by atoms with Crippen molar-refractivity contribution in [3.8, 4) is 0 Å². The lowest BCUT2D eigenvalue weighted by Crippen LogP contribution is -2.21. The van der Waals surface area contributed by atoms with Gasteiger partial charge in [0.1, 0.15) is 4.83 Å². The average molecular weight is 255 g/mol. The summed E-state index contributed by atoms with van der Waals surface area (Å²) in [5.41, 5.74) is 0. The van der Waals surface area contributed by atoms with Crippen LogP contribution in [0.25, 0.3) is 0 Å². The van der Waals surface area contributed by atoms with Gasteiger partial charge in [-0.3, -0.25) is 4.79 Å². The van der Waals surface area contributed by atoms with Crippen LogP contribution in [0, 0.1) is 0 Å². The third-order valence-electron chi connectivity index (χ3n) is 1.36. The summed E-state index contributed by atoms with van der Waals surface area (Å²) in [4.78, 5) is 10.5. The SMILES string of the molecule is COCCCOCC(Br)C(=O)OC. The first-order valence-electron chi connectivity index (χ1n) is 4.01. The molecule has 0 saturated heterocycles. The summed E-state index contributed by atoms with van der Waals surface area (Å²) in [6, 6.07) is 0. The number of methoxy groups -OCH3 is 2. The highest BCUT2D eigenvalue weighted by Crippen LogP contribution is 2.02. The minimum atomic E-state index is -0.375. The van der Waals surface area contributed by atoms with Crippen molar-refractivity contribution >= 4 is 21.9 Å². The van der Waals surface area contributed by atoms with E-state index in [0.717, 1.165) is 6.42 Å². The Morgan fingerprint density at radius 1 is 1.38 bits per heavy atom. The second-order valence-corrected chi connectivity index (χ2v) is 3.52. The maximum atomic E-state index is 10.9. The summed E-state index contributed by atoms with van der Waals surface area (Å²) in [5.74, 6) is -0.313. The van der Waals surface area contributed by atoms with Crippen molar-refractivity contribution in [2.75, 3.05) is 34.0 Å².